The molecule has 0 saturated heterocycles. The molecule has 2 rings (SSSR count). The number of hydrogen-bond acceptors (Lipinski definition) is 3. The van der Waals surface area contributed by atoms with Crippen LogP contribution in [0.2, 0.25) is 0 Å². The van der Waals surface area contributed by atoms with Gasteiger partial charge in [-0.05, 0) is 43.2 Å². The summed E-state index contributed by atoms with van der Waals surface area (Å²) in [6, 6.07) is 7.89. The van der Waals surface area contributed by atoms with Crippen molar-refractivity contribution in [2.24, 2.45) is 0 Å². The highest BCUT2D eigenvalue weighted by molar-refractivity contribution is 7.92. The van der Waals surface area contributed by atoms with Gasteiger partial charge in [-0.15, -0.1) is 0 Å². The lowest BCUT2D eigenvalue weighted by molar-refractivity contribution is 0.600. The number of benzene rings is 1. The van der Waals surface area contributed by atoms with Crippen LogP contribution in [0.3, 0.4) is 0 Å². The highest BCUT2D eigenvalue weighted by Gasteiger charge is 2.14. The fraction of sp³-hybridized carbons (Fsp3) is 0.154. The minimum atomic E-state index is -3.68. The second-order valence-electron chi connectivity index (χ2n) is 4.37. The lowest BCUT2D eigenvalue weighted by atomic mass is 10.1. The molecule has 6 heteroatoms. The zero-order valence-corrected chi connectivity index (χ0v) is 11.4. The van der Waals surface area contributed by atoms with Gasteiger partial charge in [0.2, 0.25) is 5.56 Å². The molecule has 0 bridgehead atoms. The van der Waals surface area contributed by atoms with Crippen LogP contribution in [0.5, 0.6) is 0 Å². The van der Waals surface area contributed by atoms with Crippen molar-refractivity contribution in [1.29, 1.82) is 0 Å². The topological polar surface area (TPSA) is 79.0 Å². The molecule has 0 aliphatic carbocycles. The second-order valence-corrected chi connectivity index (χ2v) is 6.05. The average molecular weight is 278 g/mol. The molecule has 19 heavy (non-hydrogen) atoms. The van der Waals surface area contributed by atoms with Crippen LogP contribution >= 0.6 is 0 Å². The SMILES string of the molecule is Cc1cc(C)cc(NS(=O)(=O)c2ccc(=O)[nH]c2)c1. The predicted molar refractivity (Wildman–Crippen MR) is 73.8 cm³/mol. The van der Waals surface area contributed by atoms with Crippen molar-refractivity contribution in [3.8, 4) is 0 Å². The Morgan fingerprint density at radius 3 is 2.21 bits per heavy atom. The number of aromatic amines is 1. The van der Waals surface area contributed by atoms with E-state index in [4.69, 9.17) is 0 Å². The number of rotatable bonds is 3. The highest BCUT2D eigenvalue weighted by Crippen LogP contribution is 2.17. The quantitative estimate of drug-likeness (QED) is 0.898. The van der Waals surface area contributed by atoms with Gasteiger partial charge in [0, 0.05) is 18.0 Å². The van der Waals surface area contributed by atoms with Crippen molar-refractivity contribution >= 4 is 15.7 Å². The molecule has 0 radical (unpaired) electrons. The van der Waals surface area contributed by atoms with Gasteiger partial charge in [0.15, 0.2) is 0 Å². The smallest absolute Gasteiger partial charge is 0.263 e. The molecule has 0 aliphatic rings. The Morgan fingerprint density at radius 1 is 1.05 bits per heavy atom. The molecule has 0 unspecified atom stereocenters. The van der Waals surface area contributed by atoms with Gasteiger partial charge >= 0.3 is 0 Å². The largest absolute Gasteiger partial charge is 0.328 e. The maximum absolute atomic E-state index is 12.1. The standard InChI is InChI=1S/C13H14N2O3S/c1-9-5-10(2)7-11(6-9)15-19(17,18)12-3-4-13(16)14-8-12/h3-8,15H,1-2H3,(H,14,16). The number of pyridine rings is 1. The van der Waals surface area contributed by atoms with Crippen molar-refractivity contribution in [3.05, 3.63) is 58.0 Å². The minimum Gasteiger partial charge on any atom is -0.328 e. The number of aromatic nitrogens is 1. The summed E-state index contributed by atoms with van der Waals surface area (Å²) in [5.41, 5.74) is 2.10. The molecule has 0 aliphatic heterocycles. The first kappa shape index (κ1) is 13.4. The maximum Gasteiger partial charge on any atom is 0.263 e. The third-order valence-corrected chi connectivity index (χ3v) is 3.92. The molecule has 0 amide bonds. The number of H-pyrrole nitrogens is 1. The number of aryl methyl sites for hydroxylation is 2. The summed E-state index contributed by atoms with van der Waals surface area (Å²) in [7, 11) is -3.68. The first-order chi connectivity index (χ1) is 8.87. The molecular formula is C13H14N2O3S. The van der Waals surface area contributed by atoms with Crippen molar-refractivity contribution in [2.75, 3.05) is 4.72 Å². The van der Waals surface area contributed by atoms with Gasteiger partial charge in [-0.1, -0.05) is 6.07 Å². The van der Waals surface area contributed by atoms with Gasteiger partial charge in [0.25, 0.3) is 10.0 Å². The first-order valence-corrected chi connectivity index (χ1v) is 7.15. The van der Waals surface area contributed by atoms with Gasteiger partial charge in [-0.2, -0.15) is 0 Å². The zero-order valence-electron chi connectivity index (χ0n) is 10.6. The van der Waals surface area contributed by atoms with E-state index in [0.29, 0.717) is 5.69 Å². The summed E-state index contributed by atoms with van der Waals surface area (Å²) >= 11 is 0. The molecule has 2 aromatic rings. The molecule has 1 aromatic carbocycles. The second kappa shape index (κ2) is 4.89. The van der Waals surface area contributed by atoms with Gasteiger partial charge in [-0.3, -0.25) is 9.52 Å². The minimum absolute atomic E-state index is 0.0197. The molecule has 100 valence electrons. The van der Waals surface area contributed by atoms with Crippen LogP contribution in [0, 0.1) is 13.8 Å². The van der Waals surface area contributed by atoms with E-state index in [2.05, 4.69) is 9.71 Å². The van der Waals surface area contributed by atoms with E-state index in [9.17, 15) is 13.2 Å². The van der Waals surface area contributed by atoms with Crippen LogP contribution in [0.25, 0.3) is 0 Å². The van der Waals surface area contributed by atoms with Crippen molar-refractivity contribution < 1.29 is 8.42 Å². The maximum atomic E-state index is 12.1. The summed E-state index contributed by atoms with van der Waals surface area (Å²) in [4.78, 5) is 13.3. The van der Waals surface area contributed by atoms with E-state index in [1.165, 1.54) is 18.3 Å². The van der Waals surface area contributed by atoms with E-state index in [1.54, 1.807) is 12.1 Å². The summed E-state index contributed by atoms with van der Waals surface area (Å²) in [5.74, 6) is 0. The fourth-order valence-electron chi connectivity index (χ4n) is 1.81. The van der Waals surface area contributed by atoms with Gasteiger partial charge < -0.3 is 4.98 Å². The molecular weight excluding hydrogens is 264 g/mol. The number of anilines is 1. The first-order valence-electron chi connectivity index (χ1n) is 5.67. The third-order valence-electron chi connectivity index (χ3n) is 2.54. The summed E-state index contributed by atoms with van der Waals surface area (Å²) < 4.78 is 26.7. The highest BCUT2D eigenvalue weighted by atomic mass is 32.2. The number of sulfonamides is 1. The van der Waals surface area contributed by atoms with Crippen molar-refractivity contribution in [3.63, 3.8) is 0 Å². The summed E-state index contributed by atoms with van der Waals surface area (Å²) in [6.45, 7) is 3.79. The molecule has 0 fully saturated rings. The molecule has 0 atom stereocenters. The van der Waals surface area contributed by atoms with Crippen LogP contribution in [0.1, 0.15) is 11.1 Å². The molecule has 2 N–H and O–H groups in total. The van der Waals surface area contributed by atoms with Crippen LogP contribution < -0.4 is 10.3 Å². The Balaban J connectivity index is 2.36. The lowest BCUT2D eigenvalue weighted by Crippen LogP contribution is -2.15. The van der Waals surface area contributed by atoms with Crippen molar-refractivity contribution in [2.45, 2.75) is 18.7 Å². The monoisotopic (exact) mass is 278 g/mol. The van der Waals surface area contributed by atoms with Gasteiger partial charge in [-0.25, -0.2) is 8.42 Å². The van der Waals surface area contributed by atoms with E-state index in [-0.39, 0.29) is 10.5 Å². The van der Waals surface area contributed by atoms with E-state index < -0.39 is 10.0 Å². The van der Waals surface area contributed by atoms with Crippen molar-refractivity contribution in [1.82, 2.24) is 4.98 Å². The summed E-state index contributed by atoms with van der Waals surface area (Å²) in [6.07, 6.45) is 1.17. The van der Waals surface area contributed by atoms with E-state index in [1.807, 2.05) is 19.9 Å². The zero-order chi connectivity index (χ0) is 14.0. The fourth-order valence-corrected chi connectivity index (χ4v) is 2.82. The Hall–Kier alpha value is -2.08. The third kappa shape index (κ3) is 3.23. The van der Waals surface area contributed by atoms with Gasteiger partial charge in [0.1, 0.15) is 4.90 Å². The molecule has 0 saturated carbocycles. The molecule has 0 spiro atoms. The van der Waals surface area contributed by atoms with Crippen LogP contribution in [0.15, 0.2) is 46.2 Å². The van der Waals surface area contributed by atoms with E-state index >= 15 is 0 Å². The van der Waals surface area contributed by atoms with Crippen LogP contribution in [-0.4, -0.2) is 13.4 Å². The van der Waals surface area contributed by atoms with Crippen LogP contribution in [-0.2, 0) is 10.0 Å². The molecule has 1 aromatic heterocycles. The number of nitrogens with one attached hydrogen (secondary N) is 2. The normalized spacial score (nSPS) is 11.3. The van der Waals surface area contributed by atoms with Gasteiger partial charge in [0.05, 0.1) is 0 Å². The summed E-state index contributed by atoms with van der Waals surface area (Å²) in [5, 5.41) is 0. The Kier molecular flexibility index (Phi) is 3.44. The predicted octanol–water partition coefficient (Wildman–Crippen LogP) is 1.79. The molecule has 1 heterocycles. The Labute approximate surface area is 111 Å². The number of hydrogen-bond donors (Lipinski definition) is 2. The van der Waals surface area contributed by atoms with E-state index in [0.717, 1.165) is 11.1 Å². The lowest BCUT2D eigenvalue weighted by Gasteiger charge is -2.09. The Bertz CT molecular complexity index is 723. The average Bonchev–Trinajstić information content (AvgIpc) is 2.27. The Morgan fingerprint density at radius 2 is 1.68 bits per heavy atom. The van der Waals surface area contributed by atoms with Crippen LogP contribution in [0.4, 0.5) is 5.69 Å². The molecule has 5 nitrogen and oxygen atoms in total.